The molecule has 1 atom stereocenters. The second-order valence-corrected chi connectivity index (χ2v) is 4.12. The van der Waals surface area contributed by atoms with Crippen LogP contribution in [0.2, 0.25) is 0 Å². The number of aliphatic hydroxyl groups is 1. The van der Waals surface area contributed by atoms with E-state index in [0.29, 0.717) is 0 Å². The van der Waals surface area contributed by atoms with Crippen LogP contribution in [0.4, 0.5) is 27.6 Å². The summed E-state index contributed by atoms with van der Waals surface area (Å²) < 4.78 is 65.2. The minimum absolute atomic E-state index is 0.259. The maximum Gasteiger partial charge on any atom is 0.200 e. The van der Waals surface area contributed by atoms with Crippen LogP contribution in [0.1, 0.15) is 13.8 Å². The van der Waals surface area contributed by atoms with Crippen molar-refractivity contribution < 1.29 is 27.1 Å². The highest BCUT2D eigenvalue weighted by Gasteiger charge is 2.27. The summed E-state index contributed by atoms with van der Waals surface area (Å²) in [6, 6.07) is -0.821. The first kappa shape index (κ1) is 14.7. The van der Waals surface area contributed by atoms with Gasteiger partial charge in [-0.1, -0.05) is 13.8 Å². The third kappa shape index (κ3) is 2.55. The van der Waals surface area contributed by atoms with Gasteiger partial charge in [0.05, 0.1) is 12.6 Å². The number of rotatable bonds is 4. The number of nitrogens with one attached hydrogen (secondary N) is 1. The van der Waals surface area contributed by atoms with Crippen LogP contribution < -0.4 is 5.32 Å². The van der Waals surface area contributed by atoms with Crippen molar-refractivity contribution in [3.05, 3.63) is 29.1 Å². The first-order chi connectivity index (χ1) is 8.31. The molecule has 1 aromatic rings. The predicted octanol–water partition coefficient (Wildman–Crippen LogP) is 2.81. The van der Waals surface area contributed by atoms with Crippen LogP contribution in [-0.2, 0) is 0 Å². The lowest BCUT2D eigenvalue weighted by molar-refractivity contribution is 0.248. The van der Waals surface area contributed by atoms with E-state index in [1.165, 1.54) is 0 Å². The minimum Gasteiger partial charge on any atom is -0.394 e. The fourth-order valence-electron chi connectivity index (χ4n) is 1.34. The van der Waals surface area contributed by atoms with Crippen molar-refractivity contribution in [2.45, 2.75) is 19.9 Å². The Hall–Kier alpha value is -1.37. The monoisotopic (exact) mass is 269 g/mol. The molecule has 0 amide bonds. The molecule has 102 valence electrons. The molecule has 0 aliphatic rings. The van der Waals surface area contributed by atoms with Crippen molar-refractivity contribution in [1.29, 1.82) is 0 Å². The third-order valence-corrected chi connectivity index (χ3v) is 2.54. The van der Waals surface area contributed by atoms with E-state index in [9.17, 15) is 22.0 Å². The second-order valence-electron chi connectivity index (χ2n) is 4.12. The Bertz CT molecular complexity index is 421. The van der Waals surface area contributed by atoms with Crippen LogP contribution in [-0.4, -0.2) is 17.8 Å². The second kappa shape index (κ2) is 5.51. The van der Waals surface area contributed by atoms with Crippen LogP contribution in [0, 0.1) is 35.0 Å². The molecule has 0 aliphatic heterocycles. The van der Waals surface area contributed by atoms with E-state index in [4.69, 9.17) is 5.11 Å². The average molecular weight is 269 g/mol. The van der Waals surface area contributed by atoms with E-state index in [-0.39, 0.29) is 5.92 Å². The maximum absolute atomic E-state index is 13.3. The van der Waals surface area contributed by atoms with Crippen LogP contribution in [0.3, 0.4) is 0 Å². The fourth-order valence-corrected chi connectivity index (χ4v) is 1.34. The topological polar surface area (TPSA) is 32.3 Å². The Labute approximate surface area is 100 Å². The first-order valence-corrected chi connectivity index (χ1v) is 5.20. The van der Waals surface area contributed by atoms with Gasteiger partial charge in [0.2, 0.25) is 5.82 Å². The molecule has 0 bridgehead atoms. The third-order valence-electron chi connectivity index (χ3n) is 2.54. The molecule has 0 spiro atoms. The molecular formula is C11H12F5NO. The van der Waals surface area contributed by atoms with Gasteiger partial charge in [0.1, 0.15) is 5.69 Å². The van der Waals surface area contributed by atoms with Gasteiger partial charge in [-0.25, -0.2) is 22.0 Å². The molecule has 18 heavy (non-hydrogen) atoms. The zero-order valence-corrected chi connectivity index (χ0v) is 9.70. The fraction of sp³-hybridized carbons (Fsp3) is 0.455. The highest BCUT2D eigenvalue weighted by atomic mass is 19.2. The van der Waals surface area contributed by atoms with Gasteiger partial charge in [0, 0.05) is 0 Å². The van der Waals surface area contributed by atoms with E-state index < -0.39 is 47.4 Å². The van der Waals surface area contributed by atoms with Crippen molar-refractivity contribution in [3.63, 3.8) is 0 Å². The molecule has 0 heterocycles. The van der Waals surface area contributed by atoms with Crippen LogP contribution in [0.25, 0.3) is 0 Å². The molecule has 7 heteroatoms. The first-order valence-electron chi connectivity index (χ1n) is 5.20. The summed E-state index contributed by atoms with van der Waals surface area (Å²) in [6.07, 6.45) is 0. The molecule has 2 nitrogen and oxygen atoms in total. The van der Waals surface area contributed by atoms with Gasteiger partial charge in [0.25, 0.3) is 0 Å². The quantitative estimate of drug-likeness (QED) is 0.500. The van der Waals surface area contributed by atoms with Crippen molar-refractivity contribution in [2.75, 3.05) is 11.9 Å². The lowest BCUT2D eigenvalue weighted by Crippen LogP contribution is -2.31. The standard InChI is InChI=1S/C11H12F5NO/c1-4(2)5(3-18)17-11-9(15)7(13)6(12)8(14)10(11)16/h4-5,17-18H,3H2,1-2H3/t5-/m1/s1. The molecule has 1 aromatic carbocycles. The Kier molecular flexibility index (Phi) is 4.50. The van der Waals surface area contributed by atoms with Crippen molar-refractivity contribution in [1.82, 2.24) is 0 Å². The van der Waals surface area contributed by atoms with E-state index >= 15 is 0 Å². The predicted molar refractivity (Wildman–Crippen MR) is 55.6 cm³/mol. The normalized spacial score (nSPS) is 12.9. The molecule has 0 fully saturated rings. The van der Waals surface area contributed by atoms with E-state index in [1.54, 1.807) is 13.8 Å². The van der Waals surface area contributed by atoms with Gasteiger partial charge in [-0.2, -0.15) is 0 Å². The van der Waals surface area contributed by atoms with Crippen LogP contribution in [0.5, 0.6) is 0 Å². The van der Waals surface area contributed by atoms with Gasteiger partial charge < -0.3 is 10.4 Å². The van der Waals surface area contributed by atoms with Gasteiger partial charge in [-0.3, -0.25) is 0 Å². The molecule has 1 rings (SSSR count). The van der Waals surface area contributed by atoms with E-state index in [2.05, 4.69) is 5.32 Å². The molecule has 0 aromatic heterocycles. The Morgan fingerprint density at radius 1 is 0.889 bits per heavy atom. The summed E-state index contributed by atoms with van der Waals surface area (Å²) in [7, 11) is 0. The highest BCUT2D eigenvalue weighted by Crippen LogP contribution is 2.28. The lowest BCUT2D eigenvalue weighted by atomic mass is 10.0. The Balaban J connectivity index is 3.25. The number of benzene rings is 1. The van der Waals surface area contributed by atoms with Gasteiger partial charge in [-0.15, -0.1) is 0 Å². The summed E-state index contributed by atoms with van der Waals surface area (Å²) >= 11 is 0. The van der Waals surface area contributed by atoms with E-state index in [0.717, 1.165) is 0 Å². The number of hydrogen-bond acceptors (Lipinski definition) is 2. The molecular weight excluding hydrogens is 257 g/mol. The molecule has 0 saturated carbocycles. The number of hydrogen-bond donors (Lipinski definition) is 2. The summed E-state index contributed by atoms with van der Waals surface area (Å²) in [6.45, 7) is 2.75. The van der Waals surface area contributed by atoms with Crippen molar-refractivity contribution in [3.8, 4) is 0 Å². The summed E-state index contributed by atoms with van der Waals surface area (Å²) in [5.41, 5.74) is -1.13. The number of aliphatic hydroxyl groups excluding tert-OH is 1. The summed E-state index contributed by atoms with van der Waals surface area (Å²) in [4.78, 5) is 0. The van der Waals surface area contributed by atoms with Crippen LogP contribution >= 0.6 is 0 Å². The Morgan fingerprint density at radius 2 is 1.28 bits per heavy atom. The molecule has 0 unspecified atom stereocenters. The SMILES string of the molecule is CC(C)[C@@H](CO)Nc1c(F)c(F)c(F)c(F)c1F. The smallest absolute Gasteiger partial charge is 0.200 e. The van der Waals surface area contributed by atoms with Crippen molar-refractivity contribution >= 4 is 5.69 Å². The Morgan fingerprint density at radius 3 is 1.61 bits per heavy atom. The molecule has 0 radical (unpaired) electrons. The van der Waals surface area contributed by atoms with E-state index in [1.807, 2.05) is 0 Å². The largest absolute Gasteiger partial charge is 0.394 e. The molecule has 0 aliphatic carbocycles. The summed E-state index contributed by atoms with van der Waals surface area (Å²) in [5, 5.41) is 11.1. The van der Waals surface area contributed by atoms with Gasteiger partial charge in [-0.05, 0) is 5.92 Å². The lowest BCUT2D eigenvalue weighted by Gasteiger charge is -2.22. The molecule has 0 saturated heterocycles. The number of anilines is 1. The van der Waals surface area contributed by atoms with Gasteiger partial charge in [0.15, 0.2) is 23.3 Å². The zero-order chi connectivity index (χ0) is 14.0. The maximum atomic E-state index is 13.3. The van der Waals surface area contributed by atoms with Crippen LogP contribution in [0.15, 0.2) is 0 Å². The highest BCUT2D eigenvalue weighted by molar-refractivity contribution is 5.48. The minimum atomic E-state index is -2.21. The average Bonchev–Trinajstić information content (AvgIpc) is 2.34. The van der Waals surface area contributed by atoms with Crippen molar-refractivity contribution in [2.24, 2.45) is 5.92 Å². The molecule has 2 N–H and O–H groups in total. The van der Waals surface area contributed by atoms with Gasteiger partial charge >= 0.3 is 0 Å². The number of halogens is 5. The zero-order valence-electron chi connectivity index (χ0n) is 9.70. The summed E-state index contributed by atoms with van der Waals surface area (Å²) in [5.74, 6) is -10.4.